The van der Waals surface area contributed by atoms with Crippen molar-refractivity contribution >= 4 is 29.0 Å². The molecule has 0 saturated carbocycles. The van der Waals surface area contributed by atoms with Crippen molar-refractivity contribution in [2.75, 3.05) is 5.32 Å². The minimum absolute atomic E-state index is 0.104. The maximum atomic E-state index is 13.4. The first-order valence-electron chi connectivity index (χ1n) is 9.94. The Morgan fingerprint density at radius 2 is 1.48 bits per heavy atom. The average molecular weight is 423 g/mol. The summed E-state index contributed by atoms with van der Waals surface area (Å²) in [5.41, 5.74) is 4.01. The molecule has 0 unspecified atom stereocenters. The third kappa shape index (κ3) is 3.76. The van der Waals surface area contributed by atoms with Gasteiger partial charge in [-0.05, 0) is 23.8 Å². The molecule has 1 aliphatic rings. The Morgan fingerprint density at radius 1 is 0.774 bits per heavy atom. The predicted molar refractivity (Wildman–Crippen MR) is 122 cm³/mol. The molecule has 0 bridgehead atoms. The van der Waals surface area contributed by atoms with Gasteiger partial charge in [-0.15, -0.1) is 0 Å². The number of hydrogen-bond donors (Lipinski definition) is 1. The lowest BCUT2D eigenvalue weighted by atomic mass is 9.97. The van der Waals surface area contributed by atoms with E-state index >= 15 is 0 Å². The predicted octanol–water partition coefficient (Wildman–Crippen LogP) is 5.62. The van der Waals surface area contributed by atoms with Gasteiger partial charge in [-0.1, -0.05) is 78.5 Å². The highest BCUT2D eigenvalue weighted by Crippen LogP contribution is 2.39. The van der Waals surface area contributed by atoms with Crippen molar-refractivity contribution in [3.8, 4) is 0 Å². The number of carbonyl (C=O) groups excluding carboxylic acids is 2. The molecule has 1 aliphatic heterocycles. The summed E-state index contributed by atoms with van der Waals surface area (Å²) in [5.74, 6) is -0.242. The van der Waals surface area contributed by atoms with Gasteiger partial charge in [-0.3, -0.25) is 9.59 Å². The zero-order valence-electron chi connectivity index (χ0n) is 16.5. The fourth-order valence-electron chi connectivity index (χ4n) is 3.63. The summed E-state index contributed by atoms with van der Waals surface area (Å²) in [6.45, 7) is 0.620. The Hall–Kier alpha value is -3.70. The molecule has 0 aliphatic carbocycles. The second kappa shape index (κ2) is 8.20. The topological polar surface area (TPSA) is 59.1 Å². The van der Waals surface area contributed by atoms with Gasteiger partial charge in [-0.2, -0.15) is 0 Å². The quantitative estimate of drug-likeness (QED) is 0.433. The normalized spacial score (nSPS) is 12.1. The van der Waals surface area contributed by atoms with E-state index in [0.29, 0.717) is 28.8 Å². The van der Waals surface area contributed by atoms with Crippen molar-refractivity contribution in [2.45, 2.75) is 16.5 Å². The molecule has 0 atom stereocenters. The van der Waals surface area contributed by atoms with Gasteiger partial charge in [-0.25, -0.2) is 4.98 Å². The molecule has 0 spiro atoms. The van der Waals surface area contributed by atoms with Crippen molar-refractivity contribution in [1.29, 1.82) is 0 Å². The van der Waals surface area contributed by atoms with Crippen LogP contribution in [0.3, 0.4) is 0 Å². The van der Waals surface area contributed by atoms with Gasteiger partial charge in [0.05, 0.1) is 5.69 Å². The number of aromatic nitrogens is 1. The molecule has 1 aromatic heterocycles. The van der Waals surface area contributed by atoms with E-state index in [-0.39, 0.29) is 11.6 Å². The molecule has 0 radical (unpaired) electrons. The second-order valence-corrected chi connectivity index (χ2v) is 8.24. The first-order chi connectivity index (χ1) is 15.2. The van der Waals surface area contributed by atoms with Gasteiger partial charge in [0.25, 0.3) is 0 Å². The van der Waals surface area contributed by atoms with E-state index in [1.807, 2.05) is 30.3 Å². The van der Waals surface area contributed by atoms with Crippen LogP contribution in [0.5, 0.6) is 0 Å². The molecule has 2 heterocycles. The van der Waals surface area contributed by atoms with E-state index in [1.165, 1.54) is 5.56 Å². The van der Waals surface area contributed by atoms with E-state index in [9.17, 15) is 9.59 Å². The minimum atomic E-state index is -0.139. The fraction of sp³-hybridized carbons (Fsp3) is 0.0385. The van der Waals surface area contributed by atoms with E-state index < -0.39 is 0 Å². The fourth-order valence-corrected chi connectivity index (χ4v) is 4.65. The highest BCUT2D eigenvalue weighted by atomic mass is 32.2. The molecule has 5 rings (SSSR count). The smallest absolute Gasteiger partial charge is 0.195 e. The Kier molecular flexibility index (Phi) is 5.10. The molecule has 31 heavy (non-hydrogen) atoms. The van der Waals surface area contributed by atoms with Gasteiger partial charge in [0.2, 0.25) is 0 Å². The summed E-state index contributed by atoms with van der Waals surface area (Å²) >= 11 is 1.56. The van der Waals surface area contributed by atoms with Gasteiger partial charge < -0.3 is 5.32 Å². The third-order valence-electron chi connectivity index (χ3n) is 5.22. The van der Waals surface area contributed by atoms with Gasteiger partial charge in [0.1, 0.15) is 5.03 Å². The van der Waals surface area contributed by atoms with Crippen molar-refractivity contribution < 1.29 is 9.59 Å². The first kappa shape index (κ1) is 19.3. The highest BCUT2D eigenvalue weighted by Gasteiger charge is 2.22. The molecule has 1 N–H and O–H groups in total. The largest absolute Gasteiger partial charge is 0.378 e. The first-order valence-corrected chi connectivity index (χ1v) is 10.8. The standard InChI is InChI=1S/C26H18N2O2S/c29-24(17-7-2-1-3-8-17)18-10-6-11-19(15-18)25(30)21-13-14-27-26-23(21)28-16-20-9-4-5-12-22(20)31-26/h1-15,28H,16H2. The average Bonchev–Trinajstić information content (AvgIpc) is 3.03. The van der Waals surface area contributed by atoms with Crippen LogP contribution in [0.15, 0.2) is 101 Å². The van der Waals surface area contributed by atoms with Crippen LogP contribution >= 0.6 is 11.8 Å². The van der Waals surface area contributed by atoms with Gasteiger partial charge in [0, 0.05) is 39.9 Å². The number of nitrogens with one attached hydrogen (secondary N) is 1. The third-order valence-corrected chi connectivity index (χ3v) is 6.34. The molecular formula is C26H18N2O2S. The van der Waals surface area contributed by atoms with Gasteiger partial charge >= 0.3 is 0 Å². The van der Waals surface area contributed by atoms with Crippen molar-refractivity contribution in [2.24, 2.45) is 0 Å². The SMILES string of the molecule is O=C(c1ccccc1)c1cccc(C(=O)c2ccnc3c2NCc2ccccc2S3)c1. The molecule has 3 aromatic carbocycles. The maximum Gasteiger partial charge on any atom is 0.195 e. The van der Waals surface area contributed by atoms with Crippen molar-refractivity contribution in [1.82, 2.24) is 4.98 Å². The highest BCUT2D eigenvalue weighted by molar-refractivity contribution is 7.99. The van der Waals surface area contributed by atoms with Crippen LogP contribution in [-0.2, 0) is 6.54 Å². The lowest BCUT2D eigenvalue weighted by Crippen LogP contribution is -2.10. The minimum Gasteiger partial charge on any atom is -0.378 e. The number of benzene rings is 3. The van der Waals surface area contributed by atoms with Crippen LogP contribution in [-0.4, -0.2) is 16.6 Å². The zero-order valence-corrected chi connectivity index (χ0v) is 17.4. The Morgan fingerprint density at radius 3 is 2.32 bits per heavy atom. The van der Waals surface area contributed by atoms with E-state index in [1.54, 1.807) is 60.4 Å². The Labute approximate surface area is 184 Å². The van der Waals surface area contributed by atoms with E-state index in [0.717, 1.165) is 15.6 Å². The summed E-state index contributed by atoms with van der Waals surface area (Å²) in [6, 6.07) is 25.9. The van der Waals surface area contributed by atoms with Crippen LogP contribution in [0.1, 0.15) is 37.4 Å². The van der Waals surface area contributed by atoms with Crippen LogP contribution in [0.4, 0.5) is 5.69 Å². The Balaban J connectivity index is 1.50. The molecule has 4 nitrogen and oxygen atoms in total. The lowest BCUT2D eigenvalue weighted by molar-refractivity contribution is 0.103. The summed E-state index contributed by atoms with van der Waals surface area (Å²) in [6.07, 6.45) is 1.66. The number of pyridine rings is 1. The number of ketones is 2. The summed E-state index contributed by atoms with van der Waals surface area (Å²) in [7, 11) is 0. The molecule has 5 heteroatoms. The maximum absolute atomic E-state index is 13.4. The second-order valence-electron chi connectivity index (χ2n) is 7.21. The van der Waals surface area contributed by atoms with Crippen LogP contribution in [0.25, 0.3) is 0 Å². The zero-order chi connectivity index (χ0) is 21.2. The van der Waals surface area contributed by atoms with Crippen LogP contribution < -0.4 is 5.32 Å². The number of carbonyl (C=O) groups is 2. The monoisotopic (exact) mass is 422 g/mol. The van der Waals surface area contributed by atoms with Crippen LogP contribution in [0.2, 0.25) is 0 Å². The Bertz CT molecular complexity index is 1300. The summed E-state index contributed by atoms with van der Waals surface area (Å²) in [4.78, 5) is 31.9. The molecule has 0 amide bonds. The molecule has 4 aromatic rings. The molecule has 150 valence electrons. The van der Waals surface area contributed by atoms with E-state index in [2.05, 4.69) is 22.4 Å². The number of hydrogen-bond acceptors (Lipinski definition) is 5. The number of rotatable bonds is 4. The number of fused-ring (bicyclic) bond motifs is 2. The summed E-state index contributed by atoms with van der Waals surface area (Å²) in [5, 5.41) is 4.16. The number of anilines is 1. The summed E-state index contributed by atoms with van der Waals surface area (Å²) < 4.78 is 0. The van der Waals surface area contributed by atoms with Crippen LogP contribution in [0, 0.1) is 0 Å². The molecular weight excluding hydrogens is 404 g/mol. The van der Waals surface area contributed by atoms with Crippen molar-refractivity contribution in [3.05, 3.63) is 119 Å². The number of nitrogens with zero attached hydrogens (tertiary/aromatic N) is 1. The van der Waals surface area contributed by atoms with E-state index in [4.69, 9.17) is 0 Å². The van der Waals surface area contributed by atoms with Gasteiger partial charge in [0.15, 0.2) is 11.6 Å². The molecule has 0 fully saturated rings. The van der Waals surface area contributed by atoms with Crippen molar-refractivity contribution in [3.63, 3.8) is 0 Å². The lowest BCUT2D eigenvalue weighted by Gasteiger charge is -2.12. The molecule has 0 saturated heterocycles.